The summed E-state index contributed by atoms with van der Waals surface area (Å²) >= 11 is 0.986. The standard InChI is InChI=1S/C9H9N5O4S2/c1-13-9(10-11-12-13)19-8-4-3-6(20(2,17)18)5-7(8)14(15)16/h3-5H,1-2H3. The molecule has 0 aliphatic heterocycles. The maximum absolute atomic E-state index is 11.4. The molecule has 0 bridgehead atoms. The Morgan fingerprint density at radius 2 is 2.10 bits per heavy atom. The lowest BCUT2D eigenvalue weighted by Crippen LogP contribution is -2.00. The van der Waals surface area contributed by atoms with Crippen LogP contribution in [0, 0.1) is 10.1 Å². The van der Waals surface area contributed by atoms with Gasteiger partial charge in [-0.1, -0.05) is 0 Å². The molecule has 0 spiro atoms. The zero-order chi connectivity index (χ0) is 14.9. The summed E-state index contributed by atoms with van der Waals surface area (Å²) in [5.74, 6) is 0. The van der Waals surface area contributed by atoms with Gasteiger partial charge < -0.3 is 0 Å². The van der Waals surface area contributed by atoms with Crippen LogP contribution in [-0.4, -0.2) is 39.8 Å². The molecule has 0 saturated heterocycles. The predicted octanol–water partition coefficient (Wildman–Crippen LogP) is 0.673. The first-order chi connectivity index (χ1) is 9.29. The number of hydrogen-bond donors (Lipinski definition) is 0. The topological polar surface area (TPSA) is 121 Å². The van der Waals surface area contributed by atoms with Gasteiger partial charge in [0.1, 0.15) is 0 Å². The lowest BCUT2D eigenvalue weighted by molar-refractivity contribution is -0.388. The largest absolute Gasteiger partial charge is 0.284 e. The molecule has 0 N–H and O–H groups in total. The van der Waals surface area contributed by atoms with Gasteiger partial charge in [0.05, 0.1) is 14.7 Å². The lowest BCUT2D eigenvalue weighted by Gasteiger charge is -2.03. The van der Waals surface area contributed by atoms with Crippen LogP contribution in [0.4, 0.5) is 5.69 Å². The molecule has 1 aromatic heterocycles. The van der Waals surface area contributed by atoms with Gasteiger partial charge in [-0.3, -0.25) is 10.1 Å². The summed E-state index contributed by atoms with van der Waals surface area (Å²) in [5, 5.41) is 22.2. The van der Waals surface area contributed by atoms with Gasteiger partial charge in [0.2, 0.25) is 5.16 Å². The zero-order valence-electron chi connectivity index (χ0n) is 10.4. The first-order valence-corrected chi connectivity index (χ1v) is 7.88. The van der Waals surface area contributed by atoms with Gasteiger partial charge in [0.25, 0.3) is 5.69 Å². The first-order valence-electron chi connectivity index (χ1n) is 5.18. The molecule has 0 atom stereocenters. The molecule has 0 unspecified atom stereocenters. The molecule has 0 amide bonds. The molecule has 11 heteroatoms. The van der Waals surface area contributed by atoms with E-state index >= 15 is 0 Å². The van der Waals surface area contributed by atoms with E-state index in [1.54, 1.807) is 7.05 Å². The third-order valence-corrected chi connectivity index (χ3v) is 4.54. The molecular weight excluding hydrogens is 306 g/mol. The quantitative estimate of drug-likeness (QED) is 0.596. The maximum Gasteiger partial charge on any atom is 0.284 e. The summed E-state index contributed by atoms with van der Waals surface area (Å²) in [6.07, 6.45) is 0.992. The number of benzene rings is 1. The third-order valence-electron chi connectivity index (χ3n) is 2.34. The summed E-state index contributed by atoms with van der Waals surface area (Å²) < 4.78 is 24.2. The predicted molar refractivity (Wildman–Crippen MR) is 69.1 cm³/mol. The van der Waals surface area contributed by atoms with Crippen molar-refractivity contribution in [2.45, 2.75) is 14.9 Å². The van der Waals surface area contributed by atoms with E-state index in [-0.39, 0.29) is 15.5 Å². The minimum Gasteiger partial charge on any atom is -0.258 e. The fourth-order valence-corrected chi connectivity index (χ4v) is 2.82. The first kappa shape index (κ1) is 14.4. The fourth-order valence-electron chi connectivity index (χ4n) is 1.36. The number of tetrazole rings is 1. The molecule has 0 fully saturated rings. The summed E-state index contributed by atoms with van der Waals surface area (Å²) in [7, 11) is -1.91. The van der Waals surface area contributed by atoms with Crippen molar-refractivity contribution in [2.75, 3.05) is 6.26 Å². The van der Waals surface area contributed by atoms with E-state index in [2.05, 4.69) is 15.5 Å². The van der Waals surface area contributed by atoms with E-state index in [1.807, 2.05) is 0 Å². The van der Waals surface area contributed by atoms with Gasteiger partial charge >= 0.3 is 0 Å². The maximum atomic E-state index is 11.4. The molecule has 20 heavy (non-hydrogen) atoms. The van der Waals surface area contributed by atoms with Gasteiger partial charge in [-0.05, 0) is 34.3 Å². The van der Waals surface area contributed by atoms with Crippen LogP contribution in [0.3, 0.4) is 0 Å². The molecule has 2 aromatic rings. The summed E-state index contributed by atoms with van der Waals surface area (Å²) in [6, 6.07) is 3.71. The summed E-state index contributed by atoms with van der Waals surface area (Å²) in [6.45, 7) is 0. The van der Waals surface area contributed by atoms with Crippen LogP contribution in [0.25, 0.3) is 0 Å². The van der Waals surface area contributed by atoms with Crippen molar-refractivity contribution in [3.8, 4) is 0 Å². The molecule has 1 aromatic carbocycles. The van der Waals surface area contributed by atoms with Crippen molar-refractivity contribution in [3.05, 3.63) is 28.3 Å². The molecule has 9 nitrogen and oxygen atoms in total. The molecule has 2 rings (SSSR count). The van der Waals surface area contributed by atoms with E-state index in [1.165, 1.54) is 16.8 Å². The van der Waals surface area contributed by atoms with Gasteiger partial charge in [-0.2, -0.15) is 0 Å². The van der Waals surface area contributed by atoms with Crippen LogP contribution < -0.4 is 0 Å². The second-order valence-electron chi connectivity index (χ2n) is 3.85. The monoisotopic (exact) mass is 315 g/mol. The number of nitro benzene ring substituents is 1. The Morgan fingerprint density at radius 1 is 1.40 bits per heavy atom. The molecule has 0 radical (unpaired) electrons. The Kier molecular flexibility index (Phi) is 3.72. The summed E-state index contributed by atoms with van der Waals surface area (Å²) in [5.41, 5.74) is -0.305. The Balaban J connectivity index is 2.49. The molecule has 1 heterocycles. The third kappa shape index (κ3) is 2.93. The Hall–Kier alpha value is -2.01. The number of nitro groups is 1. The second-order valence-corrected chi connectivity index (χ2v) is 6.87. The smallest absolute Gasteiger partial charge is 0.258 e. The van der Waals surface area contributed by atoms with Crippen LogP contribution in [0.1, 0.15) is 0 Å². The average molecular weight is 315 g/mol. The van der Waals surface area contributed by atoms with Crippen molar-refractivity contribution in [2.24, 2.45) is 7.05 Å². The van der Waals surface area contributed by atoms with E-state index in [4.69, 9.17) is 0 Å². The highest BCUT2D eigenvalue weighted by molar-refractivity contribution is 7.99. The van der Waals surface area contributed by atoms with Gasteiger partial charge in [0.15, 0.2) is 9.84 Å². The van der Waals surface area contributed by atoms with E-state index in [9.17, 15) is 18.5 Å². The normalized spacial score (nSPS) is 11.5. The highest BCUT2D eigenvalue weighted by Crippen LogP contribution is 2.34. The van der Waals surface area contributed by atoms with Crippen LogP contribution in [0.2, 0.25) is 0 Å². The van der Waals surface area contributed by atoms with E-state index in [0.29, 0.717) is 5.16 Å². The Labute approximate surface area is 118 Å². The molecule has 0 aliphatic carbocycles. The van der Waals surface area contributed by atoms with Crippen LogP contribution in [0.15, 0.2) is 33.1 Å². The van der Waals surface area contributed by atoms with Crippen LogP contribution in [-0.2, 0) is 16.9 Å². The van der Waals surface area contributed by atoms with Gasteiger partial charge in [-0.15, -0.1) is 5.10 Å². The highest BCUT2D eigenvalue weighted by atomic mass is 32.2. The van der Waals surface area contributed by atoms with Crippen molar-refractivity contribution in [1.82, 2.24) is 20.2 Å². The SMILES string of the molecule is Cn1nnnc1Sc1ccc(S(C)(=O)=O)cc1[N+](=O)[O-]. The number of aromatic nitrogens is 4. The molecular formula is C9H9N5O4S2. The number of nitrogens with zero attached hydrogens (tertiary/aromatic N) is 5. The second kappa shape index (κ2) is 5.17. The highest BCUT2D eigenvalue weighted by Gasteiger charge is 2.20. The van der Waals surface area contributed by atoms with Crippen LogP contribution in [0.5, 0.6) is 0 Å². The van der Waals surface area contributed by atoms with Crippen molar-refractivity contribution in [3.63, 3.8) is 0 Å². The van der Waals surface area contributed by atoms with E-state index < -0.39 is 14.8 Å². The fraction of sp³-hybridized carbons (Fsp3) is 0.222. The van der Waals surface area contributed by atoms with Crippen molar-refractivity contribution in [1.29, 1.82) is 0 Å². The van der Waals surface area contributed by atoms with E-state index in [0.717, 1.165) is 24.1 Å². The minimum absolute atomic E-state index is 0.107. The zero-order valence-corrected chi connectivity index (χ0v) is 12.1. The number of rotatable bonds is 4. The Morgan fingerprint density at radius 3 is 2.60 bits per heavy atom. The molecule has 0 saturated carbocycles. The Bertz CT molecular complexity index is 770. The number of hydrogen-bond acceptors (Lipinski definition) is 8. The van der Waals surface area contributed by atoms with Gasteiger partial charge in [0, 0.05) is 19.4 Å². The average Bonchev–Trinajstić information content (AvgIpc) is 2.74. The molecule has 106 valence electrons. The molecule has 0 aliphatic rings. The summed E-state index contributed by atoms with van der Waals surface area (Å²) in [4.78, 5) is 10.6. The number of aryl methyl sites for hydroxylation is 1. The number of sulfone groups is 1. The lowest BCUT2D eigenvalue weighted by atomic mass is 10.3. The van der Waals surface area contributed by atoms with Crippen molar-refractivity contribution < 1.29 is 13.3 Å². The van der Waals surface area contributed by atoms with Gasteiger partial charge in [-0.25, -0.2) is 13.1 Å². The van der Waals surface area contributed by atoms with Crippen molar-refractivity contribution >= 4 is 27.3 Å². The van der Waals surface area contributed by atoms with Crippen LogP contribution >= 0.6 is 11.8 Å². The minimum atomic E-state index is -3.51.